The number of aryl methyl sites for hydroxylation is 1. The van der Waals surface area contributed by atoms with E-state index >= 15 is 0 Å². The average molecular weight is 290 g/mol. The number of nitrogens with zero attached hydrogens (tertiary/aromatic N) is 2. The molecule has 0 aliphatic heterocycles. The van der Waals surface area contributed by atoms with Crippen LogP contribution >= 0.6 is 0 Å². The summed E-state index contributed by atoms with van der Waals surface area (Å²) < 4.78 is 1.77. The Hall–Kier alpha value is -3.03. The third-order valence-electron chi connectivity index (χ3n) is 2.81. The highest BCUT2D eigenvalue weighted by atomic mass is 16.4. The molecule has 0 bridgehead atoms. The van der Waals surface area contributed by atoms with E-state index in [2.05, 4.69) is 15.6 Å². The van der Waals surface area contributed by atoms with Gasteiger partial charge in [0.05, 0.1) is 6.54 Å². The predicted molar refractivity (Wildman–Crippen MR) is 74.1 cm³/mol. The van der Waals surface area contributed by atoms with E-state index in [1.54, 1.807) is 24.0 Å². The number of carboxylic acids is 1. The number of aromatic nitrogens is 2. The van der Waals surface area contributed by atoms with Crippen molar-refractivity contribution in [2.45, 2.75) is 6.54 Å². The molecule has 0 saturated carbocycles. The summed E-state index contributed by atoms with van der Waals surface area (Å²) in [5, 5.41) is 23.3. The number of carbonyl (C=O) groups excluding carboxylic acids is 1. The molecule has 0 fully saturated rings. The van der Waals surface area contributed by atoms with Crippen molar-refractivity contribution in [2.24, 2.45) is 7.05 Å². The smallest absolute Gasteiger partial charge is 0.339 e. The summed E-state index contributed by atoms with van der Waals surface area (Å²) in [6, 6.07) is 3.29. The predicted octanol–water partition coefficient (Wildman–Crippen LogP) is 1.15. The third-order valence-corrected chi connectivity index (χ3v) is 2.81. The zero-order valence-electron chi connectivity index (χ0n) is 11.2. The van der Waals surface area contributed by atoms with Crippen molar-refractivity contribution in [3.05, 3.63) is 42.0 Å². The number of carboxylic acid groups (broad SMARTS) is 1. The molecule has 8 heteroatoms. The second-order valence-electron chi connectivity index (χ2n) is 4.30. The second kappa shape index (κ2) is 5.95. The molecule has 110 valence electrons. The van der Waals surface area contributed by atoms with Gasteiger partial charge in [-0.1, -0.05) is 0 Å². The van der Waals surface area contributed by atoms with Gasteiger partial charge >= 0.3 is 12.0 Å². The molecule has 0 aliphatic rings. The van der Waals surface area contributed by atoms with Crippen LogP contribution in [-0.4, -0.2) is 31.8 Å². The number of anilines is 1. The Balaban J connectivity index is 1.98. The van der Waals surface area contributed by atoms with Gasteiger partial charge in [-0.15, -0.1) is 0 Å². The maximum absolute atomic E-state index is 11.7. The van der Waals surface area contributed by atoms with E-state index < -0.39 is 12.0 Å². The molecule has 8 nitrogen and oxygen atoms in total. The van der Waals surface area contributed by atoms with Crippen LogP contribution < -0.4 is 10.6 Å². The molecule has 0 atom stereocenters. The highest BCUT2D eigenvalue weighted by Crippen LogP contribution is 2.21. The van der Waals surface area contributed by atoms with Gasteiger partial charge in [-0.25, -0.2) is 14.6 Å². The lowest BCUT2D eigenvalue weighted by Crippen LogP contribution is -2.29. The van der Waals surface area contributed by atoms with E-state index in [0.717, 1.165) is 0 Å². The monoisotopic (exact) mass is 290 g/mol. The lowest BCUT2D eigenvalue weighted by atomic mass is 10.2. The maximum atomic E-state index is 11.7. The molecule has 1 heterocycles. The number of rotatable bonds is 4. The summed E-state index contributed by atoms with van der Waals surface area (Å²) in [4.78, 5) is 26.6. The number of hydrogen-bond donors (Lipinski definition) is 4. The molecule has 0 radical (unpaired) electrons. The van der Waals surface area contributed by atoms with Gasteiger partial charge in [0, 0.05) is 25.1 Å². The lowest BCUT2D eigenvalue weighted by molar-refractivity contribution is 0.0693. The average Bonchev–Trinajstić information content (AvgIpc) is 2.84. The molecular formula is C13H14N4O4. The number of imidazole rings is 1. The number of aromatic hydroxyl groups is 1. The highest BCUT2D eigenvalue weighted by molar-refractivity contribution is 5.95. The summed E-state index contributed by atoms with van der Waals surface area (Å²) in [6.45, 7) is 0.235. The van der Waals surface area contributed by atoms with E-state index in [1.165, 1.54) is 18.2 Å². The number of aromatic carboxylic acids is 1. The summed E-state index contributed by atoms with van der Waals surface area (Å²) in [6.07, 6.45) is 3.38. The molecule has 2 aromatic rings. The molecule has 1 aromatic heterocycles. The number of benzene rings is 1. The first kappa shape index (κ1) is 14.4. The van der Waals surface area contributed by atoms with Gasteiger partial charge in [0.25, 0.3) is 0 Å². The number of phenols is 1. The maximum Gasteiger partial charge on any atom is 0.339 e. The van der Waals surface area contributed by atoms with Gasteiger partial charge in [0.1, 0.15) is 17.1 Å². The summed E-state index contributed by atoms with van der Waals surface area (Å²) in [5.74, 6) is -0.951. The Kier molecular flexibility index (Phi) is 4.07. The quantitative estimate of drug-likeness (QED) is 0.630. The number of urea groups is 1. The number of hydrogen-bond acceptors (Lipinski definition) is 4. The van der Waals surface area contributed by atoms with Gasteiger partial charge in [0.2, 0.25) is 0 Å². The van der Waals surface area contributed by atoms with E-state index in [0.29, 0.717) is 5.82 Å². The second-order valence-corrected chi connectivity index (χ2v) is 4.30. The zero-order valence-corrected chi connectivity index (χ0v) is 11.2. The SMILES string of the molecule is Cn1ccnc1CNC(=O)Nc1ccc(O)c(C(=O)O)c1. The summed E-state index contributed by atoms with van der Waals surface area (Å²) in [7, 11) is 1.81. The van der Waals surface area contributed by atoms with Crippen molar-refractivity contribution < 1.29 is 19.8 Å². The van der Waals surface area contributed by atoms with E-state index in [1.807, 2.05) is 0 Å². The van der Waals surface area contributed by atoms with Crippen LogP contribution in [0.15, 0.2) is 30.6 Å². The molecule has 4 N–H and O–H groups in total. The first-order valence-corrected chi connectivity index (χ1v) is 6.04. The van der Waals surface area contributed by atoms with Gasteiger partial charge in [-0.05, 0) is 18.2 Å². The van der Waals surface area contributed by atoms with Gasteiger partial charge in [-0.3, -0.25) is 0 Å². The molecule has 1 aromatic carbocycles. The van der Waals surface area contributed by atoms with Gasteiger partial charge < -0.3 is 25.4 Å². The van der Waals surface area contributed by atoms with Crippen molar-refractivity contribution >= 4 is 17.7 Å². The normalized spacial score (nSPS) is 10.1. The number of amides is 2. The van der Waals surface area contributed by atoms with Crippen molar-refractivity contribution in [1.82, 2.24) is 14.9 Å². The summed E-state index contributed by atoms with van der Waals surface area (Å²) in [5.41, 5.74) is -0.0144. The van der Waals surface area contributed by atoms with Gasteiger partial charge in [-0.2, -0.15) is 0 Å². The van der Waals surface area contributed by atoms with E-state index in [4.69, 9.17) is 5.11 Å². The molecular weight excluding hydrogens is 276 g/mol. The molecule has 0 unspecified atom stereocenters. The van der Waals surface area contributed by atoms with Crippen LogP contribution in [0.5, 0.6) is 5.75 Å². The standard InChI is InChI=1S/C13H14N4O4/c1-17-5-4-14-11(17)7-15-13(21)16-8-2-3-10(18)9(6-8)12(19)20/h2-6,18H,7H2,1H3,(H,19,20)(H2,15,16,21). The van der Waals surface area contributed by atoms with Crippen molar-refractivity contribution in [3.8, 4) is 5.75 Å². The number of nitrogens with one attached hydrogen (secondary N) is 2. The van der Waals surface area contributed by atoms with Crippen LogP contribution in [-0.2, 0) is 13.6 Å². The molecule has 0 aliphatic carbocycles. The number of carbonyl (C=O) groups is 2. The van der Waals surface area contributed by atoms with Crippen LogP contribution in [0.3, 0.4) is 0 Å². The lowest BCUT2D eigenvalue weighted by Gasteiger charge is -2.09. The van der Waals surface area contributed by atoms with Crippen LogP contribution in [0.25, 0.3) is 0 Å². The van der Waals surface area contributed by atoms with Crippen LogP contribution in [0.2, 0.25) is 0 Å². The molecule has 21 heavy (non-hydrogen) atoms. The fraction of sp³-hybridized carbons (Fsp3) is 0.154. The zero-order chi connectivity index (χ0) is 15.4. The first-order valence-electron chi connectivity index (χ1n) is 6.04. The van der Waals surface area contributed by atoms with Crippen LogP contribution in [0.1, 0.15) is 16.2 Å². The van der Waals surface area contributed by atoms with Crippen LogP contribution in [0.4, 0.5) is 10.5 Å². The van der Waals surface area contributed by atoms with Crippen molar-refractivity contribution in [3.63, 3.8) is 0 Å². The minimum Gasteiger partial charge on any atom is -0.507 e. The molecule has 0 spiro atoms. The van der Waals surface area contributed by atoms with Crippen LogP contribution in [0, 0.1) is 0 Å². The fourth-order valence-electron chi connectivity index (χ4n) is 1.69. The largest absolute Gasteiger partial charge is 0.507 e. The van der Waals surface area contributed by atoms with E-state index in [9.17, 15) is 14.7 Å². The Bertz CT molecular complexity index is 681. The topological polar surface area (TPSA) is 116 Å². The first-order chi connectivity index (χ1) is 9.97. The Morgan fingerprint density at radius 2 is 2.14 bits per heavy atom. The minimum absolute atomic E-state index is 0.235. The highest BCUT2D eigenvalue weighted by Gasteiger charge is 2.11. The third kappa shape index (κ3) is 3.50. The van der Waals surface area contributed by atoms with E-state index in [-0.39, 0.29) is 23.5 Å². The molecule has 2 amide bonds. The van der Waals surface area contributed by atoms with Crippen molar-refractivity contribution in [2.75, 3.05) is 5.32 Å². The Labute approximate surface area is 120 Å². The van der Waals surface area contributed by atoms with Crippen molar-refractivity contribution in [1.29, 1.82) is 0 Å². The van der Waals surface area contributed by atoms with Gasteiger partial charge in [0.15, 0.2) is 0 Å². The fourth-order valence-corrected chi connectivity index (χ4v) is 1.69. The molecule has 2 rings (SSSR count). The summed E-state index contributed by atoms with van der Waals surface area (Å²) >= 11 is 0. The Morgan fingerprint density at radius 3 is 2.76 bits per heavy atom. The molecule has 0 saturated heterocycles. The Morgan fingerprint density at radius 1 is 1.38 bits per heavy atom. The minimum atomic E-state index is -1.27.